The summed E-state index contributed by atoms with van der Waals surface area (Å²) in [5.41, 5.74) is 1.55. The Bertz CT molecular complexity index is 773. The number of hydrogen-bond acceptors (Lipinski definition) is 4. The molecular formula is C20H22N2O4. The summed E-state index contributed by atoms with van der Waals surface area (Å²) in [6, 6.07) is 10.4. The van der Waals surface area contributed by atoms with Crippen molar-refractivity contribution in [3.8, 4) is 5.75 Å². The van der Waals surface area contributed by atoms with Gasteiger partial charge in [0.05, 0.1) is 6.26 Å². The third kappa shape index (κ3) is 4.14. The van der Waals surface area contributed by atoms with E-state index in [-0.39, 0.29) is 11.8 Å². The highest BCUT2D eigenvalue weighted by molar-refractivity contribution is 5.95. The van der Waals surface area contributed by atoms with E-state index in [0.717, 1.165) is 5.57 Å². The molecule has 0 unspecified atom stereocenters. The Morgan fingerprint density at radius 2 is 1.65 bits per heavy atom. The Labute approximate surface area is 152 Å². The summed E-state index contributed by atoms with van der Waals surface area (Å²) in [6.45, 7) is 8.13. The standard InChI is InChI=1S/C20H22N2O4/c1-15(2)14-26-17-7-5-16(6-8-17)19(23)21-9-11-22(12-10-21)20(24)18-4-3-13-25-18/h3-8,13H,1,9-12,14H2,2H3. The molecule has 3 rings (SSSR count). The summed E-state index contributed by atoms with van der Waals surface area (Å²) in [7, 11) is 0. The fourth-order valence-corrected chi connectivity index (χ4v) is 2.75. The van der Waals surface area contributed by atoms with Crippen LogP contribution in [-0.4, -0.2) is 54.4 Å². The number of ether oxygens (including phenoxy) is 1. The molecule has 0 bridgehead atoms. The van der Waals surface area contributed by atoms with Crippen LogP contribution < -0.4 is 4.74 Å². The van der Waals surface area contributed by atoms with Crippen LogP contribution in [-0.2, 0) is 0 Å². The molecule has 1 aliphatic heterocycles. The highest BCUT2D eigenvalue weighted by Gasteiger charge is 2.26. The molecule has 136 valence electrons. The number of carbonyl (C=O) groups is 2. The lowest BCUT2D eigenvalue weighted by molar-refractivity contribution is 0.0518. The number of piperazine rings is 1. The molecule has 1 aliphatic rings. The third-order valence-electron chi connectivity index (χ3n) is 4.17. The molecule has 26 heavy (non-hydrogen) atoms. The molecule has 1 aromatic carbocycles. The van der Waals surface area contributed by atoms with Crippen LogP contribution in [0.1, 0.15) is 27.8 Å². The van der Waals surface area contributed by atoms with Crippen molar-refractivity contribution < 1.29 is 18.7 Å². The van der Waals surface area contributed by atoms with Gasteiger partial charge in [-0.05, 0) is 48.9 Å². The van der Waals surface area contributed by atoms with Gasteiger partial charge in [0, 0.05) is 31.7 Å². The molecule has 0 aliphatic carbocycles. The number of carbonyl (C=O) groups excluding carboxylic acids is 2. The van der Waals surface area contributed by atoms with Gasteiger partial charge in [0.1, 0.15) is 12.4 Å². The smallest absolute Gasteiger partial charge is 0.289 e. The normalized spacial score (nSPS) is 14.2. The average molecular weight is 354 g/mol. The molecule has 1 saturated heterocycles. The molecule has 0 atom stereocenters. The van der Waals surface area contributed by atoms with Gasteiger partial charge in [0.15, 0.2) is 5.76 Å². The zero-order valence-electron chi connectivity index (χ0n) is 14.8. The van der Waals surface area contributed by atoms with Crippen LogP contribution in [0.4, 0.5) is 0 Å². The van der Waals surface area contributed by atoms with Crippen molar-refractivity contribution >= 4 is 11.8 Å². The Kier molecular flexibility index (Phi) is 5.41. The van der Waals surface area contributed by atoms with Crippen molar-refractivity contribution in [1.82, 2.24) is 9.80 Å². The van der Waals surface area contributed by atoms with Gasteiger partial charge in [0.25, 0.3) is 11.8 Å². The van der Waals surface area contributed by atoms with E-state index in [2.05, 4.69) is 6.58 Å². The molecule has 1 fully saturated rings. The van der Waals surface area contributed by atoms with E-state index in [1.54, 1.807) is 46.2 Å². The molecule has 6 heteroatoms. The first-order valence-electron chi connectivity index (χ1n) is 8.54. The summed E-state index contributed by atoms with van der Waals surface area (Å²) in [4.78, 5) is 28.4. The first-order valence-corrected chi connectivity index (χ1v) is 8.54. The number of amides is 2. The maximum atomic E-state index is 12.6. The lowest BCUT2D eigenvalue weighted by Crippen LogP contribution is -2.50. The van der Waals surface area contributed by atoms with Crippen LogP contribution in [0, 0.1) is 0 Å². The minimum absolute atomic E-state index is 0.0402. The highest BCUT2D eigenvalue weighted by Crippen LogP contribution is 2.16. The van der Waals surface area contributed by atoms with Crippen LogP contribution >= 0.6 is 0 Å². The van der Waals surface area contributed by atoms with E-state index in [0.29, 0.717) is 49.9 Å². The highest BCUT2D eigenvalue weighted by atomic mass is 16.5. The zero-order chi connectivity index (χ0) is 18.5. The van der Waals surface area contributed by atoms with Gasteiger partial charge >= 0.3 is 0 Å². The maximum Gasteiger partial charge on any atom is 0.289 e. The molecule has 0 radical (unpaired) electrons. The minimum Gasteiger partial charge on any atom is -0.489 e. The Balaban J connectivity index is 1.55. The van der Waals surface area contributed by atoms with Gasteiger partial charge in [0.2, 0.25) is 0 Å². The monoisotopic (exact) mass is 354 g/mol. The molecule has 0 spiro atoms. The van der Waals surface area contributed by atoms with E-state index >= 15 is 0 Å². The fourth-order valence-electron chi connectivity index (χ4n) is 2.75. The first kappa shape index (κ1) is 17.8. The van der Waals surface area contributed by atoms with E-state index in [9.17, 15) is 9.59 Å². The predicted molar refractivity (Wildman–Crippen MR) is 97.3 cm³/mol. The molecule has 1 aromatic heterocycles. The average Bonchev–Trinajstić information content (AvgIpc) is 3.20. The van der Waals surface area contributed by atoms with Gasteiger partial charge in [-0.15, -0.1) is 0 Å². The molecule has 0 saturated carbocycles. The van der Waals surface area contributed by atoms with E-state index in [1.807, 2.05) is 6.92 Å². The number of rotatable bonds is 5. The summed E-state index contributed by atoms with van der Waals surface area (Å²) >= 11 is 0. The van der Waals surface area contributed by atoms with Crippen LogP contribution in [0.3, 0.4) is 0 Å². The van der Waals surface area contributed by atoms with Gasteiger partial charge < -0.3 is 19.0 Å². The third-order valence-corrected chi connectivity index (χ3v) is 4.17. The Morgan fingerprint density at radius 1 is 1.04 bits per heavy atom. The van der Waals surface area contributed by atoms with Gasteiger partial charge in [-0.3, -0.25) is 9.59 Å². The fraction of sp³-hybridized carbons (Fsp3) is 0.300. The van der Waals surface area contributed by atoms with Crippen LogP contribution in [0.5, 0.6) is 5.75 Å². The summed E-state index contributed by atoms with van der Waals surface area (Å²) in [6.07, 6.45) is 1.48. The van der Waals surface area contributed by atoms with Crippen molar-refractivity contribution in [2.45, 2.75) is 6.92 Å². The van der Waals surface area contributed by atoms with Crippen molar-refractivity contribution in [3.63, 3.8) is 0 Å². The number of hydrogen-bond donors (Lipinski definition) is 0. The van der Waals surface area contributed by atoms with E-state index < -0.39 is 0 Å². The Hall–Kier alpha value is -3.02. The van der Waals surface area contributed by atoms with Gasteiger partial charge in [-0.2, -0.15) is 0 Å². The minimum atomic E-state index is -0.138. The SMILES string of the molecule is C=C(C)COc1ccc(C(=O)N2CCN(C(=O)c3ccco3)CC2)cc1. The molecule has 2 amide bonds. The van der Waals surface area contributed by atoms with Crippen molar-refractivity contribution in [3.05, 3.63) is 66.1 Å². The first-order chi connectivity index (χ1) is 12.5. The quantitative estimate of drug-likeness (QED) is 0.775. The summed E-state index contributed by atoms with van der Waals surface area (Å²) in [5.74, 6) is 0.858. The van der Waals surface area contributed by atoms with Gasteiger partial charge in [-0.25, -0.2) is 0 Å². The molecule has 2 aromatic rings. The number of furan rings is 1. The lowest BCUT2D eigenvalue weighted by Gasteiger charge is -2.34. The lowest BCUT2D eigenvalue weighted by atomic mass is 10.1. The molecular weight excluding hydrogens is 332 g/mol. The van der Waals surface area contributed by atoms with E-state index in [1.165, 1.54) is 6.26 Å². The van der Waals surface area contributed by atoms with Crippen LogP contribution in [0.25, 0.3) is 0 Å². The van der Waals surface area contributed by atoms with Crippen LogP contribution in [0.2, 0.25) is 0 Å². The largest absolute Gasteiger partial charge is 0.489 e. The van der Waals surface area contributed by atoms with Crippen molar-refractivity contribution in [1.29, 1.82) is 0 Å². The maximum absolute atomic E-state index is 12.6. The second kappa shape index (κ2) is 7.91. The number of nitrogens with zero attached hydrogens (tertiary/aromatic N) is 2. The second-order valence-electron chi connectivity index (χ2n) is 6.33. The number of benzene rings is 1. The summed E-state index contributed by atoms with van der Waals surface area (Å²) < 4.78 is 10.7. The van der Waals surface area contributed by atoms with Crippen LogP contribution in [0.15, 0.2) is 59.2 Å². The second-order valence-corrected chi connectivity index (χ2v) is 6.33. The summed E-state index contributed by atoms with van der Waals surface area (Å²) in [5, 5.41) is 0. The van der Waals surface area contributed by atoms with E-state index in [4.69, 9.17) is 9.15 Å². The van der Waals surface area contributed by atoms with Gasteiger partial charge in [-0.1, -0.05) is 6.58 Å². The molecule has 6 nitrogen and oxygen atoms in total. The topological polar surface area (TPSA) is 63.0 Å². The molecule has 2 heterocycles. The van der Waals surface area contributed by atoms with Crippen molar-refractivity contribution in [2.75, 3.05) is 32.8 Å². The predicted octanol–water partition coefficient (Wildman–Crippen LogP) is 2.83. The Morgan fingerprint density at radius 3 is 2.19 bits per heavy atom. The zero-order valence-corrected chi connectivity index (χ0v) is 14.8. The van der Waals surface area contributed by atoms with Crippen molar-refractivity contribution in [2.24, 2.45) is 0 Å². The molecule has 0 N–H and O–H groups in total.